The standard InChI is InChI=1S/C12H18ClFN2/c1-2-16(9-7-15)8-6-10-11(13)4-3-5-12(10)14/h3-5H,2,6-9,15H2,1H3. The van der Waals surface area contributed by atoms with Crippen molar-refractivity contribution in [3.8, 4) is 0 Å². The lowest BCUT2D eigenvalue weighted by Gasteiger charge is -2.19. The summed E-state index contributed by atoms with van der Waals surface area (Å²) >= 11 is 5.95. The molecule has 0 saturated heterocycles. The highest BCUT2D eigenvalue weighted by atomic mass is 35.5. The second kappa shape index (κ2) is 6.84. The fraction of sp³-hybridized carbons (Fsp3) is 0.500. The first kappa shape index (κ1) is 13.4. The molecule has 0 aromatic heterocycles. The topological polar surface area (TPSA) is 29.3 Å². The van der Waals surface area contributed by atoms with Crippen molar-refractivity contribution < 1.29 is 4.39 Å². The summed E-state index contributed by atoms with van der Waals surface area (Å²) < 4.78 is 13.5. The van der Waals surface area contributed by atoms with Gasteiger partial charge in [-0.3, -0.25) is 0 Å². The van der Waals surface area contributed by atoms with Gasteiger partial charge in [0.15, 0.2) is 0 Å². The molecule has 0 aliphatic rings. The Morgan fingerprint density at radius 2 is 2.12 bits per heavy atom. The van der Waals surface area contributed by atoms with Gasteiger partial charge in [0, 0.05) is 30.2 Å². The van der Waals surface area contributed by atoms with Crippen LogP contribution in [0, 0.1) is 5.82 Å². The van der Waals surface area contributed by atoms with Crippen LogP contribution in [0.25, 0.3) is 0 Å². The van der Waals surface area contributed by atoms with Crippen LogP contribution in [0.2, 0.25) is 5.02 Å². The quantitative estimate of drug-likeness (QED) is 0.832. The molecule has 0 aliphatic carbocycles. The monoisotopic (exact) mass is 244 g/mol. The van der Waals surface area contributed by atoms with Gasteiger partial charge < -0.3 is 10.6 Å². The number of rotatable bonds is 6. The van der Waals surface area contributed by atoms with Gasteiger partial charge in [-0.2, -0.15) is 0 Å². The van der Waals surface area contributed by atoms with Gasteiger partial charge in [-0.15, -0.1) is 0 Å². The van der Waals surface area contributed by atoms with Gasteiger partial charge in [-0.25, -0.2) is 4.39 Å². The van der Waals surface area contributed by atoms with E-state index in [4.69, 9.17) is 17.3 Å². The summed E-state index contributed by atoms with van der Waals surface area (Å²) in [6, 6.07) is 4.79. The molecule has 0 aliphatic heterocycles. The number of hydrogen-bond donors (Lipinski definition) is 1. The first-order valence-electron chi connectivity index (χ1n) is 5.54. The van der Waals surface area contributed by atoms with Crippen molar-refractivity contribution in [2.24, 2.45) is 5.73 Å². The Kier molecular flexibility index (Phi) is 5.74. The van der Waals surface area contributed by atoms with Crippen molar-refractivity contribution in [1.82, 2.24) is 4.90 Å². The number of benzene rings is 1. The normalized spacial score (nSPS) is 11.1. The molecule has 1 aromatic rings. The predicted molar refractivity (Wildman–Crippen MR) is 66.3 cm³/mol. The van der Waals surface area contributed by atoms with Crippen molar-refractivity contribution >= 4 is 11.6 Å². The molecule has 16 heavy (non-hydrogen) atoms. The van der Waals surface area contributed by atoms with E-state index in [1.807, 2.05) is 0 Å². The summed E-state index contributed by atoms with van der Waals surface area (Å²) in [6.45, 7) is 5.23. The number of likely N-dealkylation sites (N-methyl/N-ethyl adjacent to an activating group) is 1. The molecular formula is C12H18ClFN2. The van der Waals surface area contributed by atoms with E-state index < -0.39 is 0 Å². The van der Waals surface area contributed by atoms with Crippen LogP contribution in [0.5, 0.6) is 0 Å². The summed E-state index contributed by atoms with van der Waals surface area (Å²) in [5, 5.41) is 0.504. The van der Waals surface area contributed by atoms with Gasteiger partial charge in [0.05, 0.1) is 0 Å². The SMILES string of the molecule is CCN(CCN)CCc1c(F)cccc1Cl. The van der Waals surface area contributed by atoms with E-state index in [0.29, 0.717) is 23.6 Å². The fourth-order valence-corrected chi connectivity index (χ4v) is 1.91. The smallest absolute Gasteiger partial charge is 0.127 e. The summed E-state index contributed by atoms with van der Waals surface area (Å²) in [4.78, 5) is 2.18. The molecular weight excluding hydrogens is 227 g/mol. The lowest BCUT2D eigenvalue weighted by Crippen LogP contribution is -2.31. The average molecular weight is 245 g/mol. The number of hydrogen-bond acceptors (Lipinski definition) is 2. The summed E-state index contributed by atoms with van der Waals surface area (Å²) in [6.07, 6.45) is 0.624. The van der Waals surface area contributed by atoms with Gasteiger partial charge in [0.25, 0.3) is 0 Å². The minimum absolute atomic E-state index is 0.226. The largest absolute Gasteiger partial charge is 0.329 e. The molecule has 0 unspecified atom stereocenters. The zero-order chi connectivity index (χ0) is 12.0. The van der Waals surface area contributed by atoms with Gasteiger partial charge in [0.1, 0.15) is 5.82 Å². The lowest BCUT2D eigenvalue weighted by atomic mass is 10.1. The highest BCUT2D eigenvalue weighted by Gasteiger charge is 2.08. The third-order valence-electron chi connectivity index (χ3n) is 2.63. The second-order valence-electron chi connectivity index (χ2n) is 3.67. The Morgan fingerprint density at radius 1 is 1.38 bits per heavy atom. The van der Waals surface area contributed by atoms with Crippen LogP contribution in [0.3, 0.4) is 0 Å². The van der Waals surface area contributed by atoms with E-state index in [0.717, 1.165) is 19.6 Å². The summed E-state index contributed by atoms with van der Waals surface area (Å²) in [5.41, 5.74) is 6.09. The van der Waals surface area contributed by atoms with E-state index in [-0.39, 0.29) is 5.82 Å². The molecule has 0 spiro atoms. The molecule has 1 rings (SSSR count). The third-order valence-corrected chi connectivity index (χ3v) is 2.99. The van der Waals surface area contributed by atoms with E-state index in [9.17, 15) is 4.39 Å². The Bertz CT molecular complexity index is 311. The van der Waals surface area contributed by atoms with Gasteiger partial charge in [-0.05, 0) is 25.1 Å². The summed E-state index contributed by atoms with van der Waals surface area (Å²) in [7, 11) is 0. The molecule has 2 N–H and O–H groups in total. The van der Waals surface area contributed by atoms with E-state index >= 15 is 0 Å². The van der Waals surface area contributed by atoms with E-state index in [2.05, 4.69) is 11.8 Å². The fourth-order valence-electron chi connectivity index (χ4n) is 1.65. The third kappa shape index (κ3) is 3.74. The molecule has 2 nitrogen and oxygen atoms in total. The van der Waals surface area contributed by atoms with Gasteiger partial charge in [0.2, 0.25) is 0 Å². The van der Waals surface area contributed by atoms with Crippen LogP contribution in [-0.2, 0) is 6.42 Å². The lowest BCUT2D eigenvalue weighted by molar-refractivity contribution is 0.299. The number of nitrogens with two attached hydrogens (primary N) is 1. The predicted octanol–water partition coefficient (Wildman–Crippen LogP) is 2.30. The summed E-state index contributed by atoms with van der Waals surface area (Å²) in [5.74, 6) is -0.226. The molecule has 0 radical (unpaired) electrons. The van der Waals surface area contributed by atoms with E-state index in [1.165, 1.54) is 6.07 Å². The average Bonchev–Trinajstić information content (AvgIpc) is 2.27. The first-order chi connectivity index (χ1) is 7.69. The Morgan fingerprint density at radius 3 is 2.69 bits per heavy atom. The maximum Gasteiger partial charge on any atom is 0.127 e. The Hall–Kier alpha value is -0.640. The van der Waals surface area contributed by atoms with Crippen LogP contribution in [0.15, 0.2) is 18.2 Å². The number of nitrogens with zero attached hydrogens (tertiary/aromatic N) is 1. The Balaban J connectivity index is 2.59. The zero-order valence-corrected chi connectivity index (χ0v) is 10.3. The van der Waals surface area contributed by atoms with Crippen molar-refractivity contribution in [1.29, 1.82) is 0 Å². The maximum atomic E-state index is 13.5. The highest BCUT2D eigenvalue weighted by molar-refractivity contribution is 6.31. The maximum absolute atomic E-state index is 13.5. The zero-order valence-electron chi connectivity index (χ0n) is 9.55. The van der Waals surface area contributed by atoms with Gasteiger partial charge in [-0.1, -0.05) is 24.6 Å². The van der Waals surface area contributed by atoms with Crippen molar-refractivity contribution in [2.75, 3.05) is 26.2 Å². The molecule has 0 bridgehead atoms. The van der Waals surface area contributed by atoms with Crippen LogP contribution in [0.4, 0.5) is 4.39 Å². The molecule has 4 heteroatoms. The molecule has 0 fully saturated rings. The molecule has 0 heterocycles. The molecule has 0 amide bonds. The van der Waals surface area contributed by atoms with Crippen molar-refractivity contribution in [3.63, 3.8) is 0 Å². The van der Waals surface area contributed by atoms with Crippen LogP contribution < -0.4 is 5.73 Å². The minimum Gasteiger partial charge on any atom is -0.329 e. The Labute approximate surface area is 101 Å². The first-order valence-corrected chi connectivity index (χ1v) is 5.92. The van der Waals surface area contributed by atoms with Crippen LogP contribution >= 0.6 is 11.6 Å². The van der Waals surface area contributed by atoms with Crippen LogP contribution in [-0.4, -0.2) is 31.1 Å². The van der Waals surface area contributed by atoms with Gasteiger partial charge >= 0.3 is 0 Å². The highest BCUT2D eigenvalue weighted by Crippen LogP contribution is 2.19. The molecule has 90 valence electrons. The molecule has 1 aromatic carbocycles. The van der Waals surface area contributed by atoms with Crippen molar-refractivity contribution in [3.05, 3.63) is 34.6 Å². The van der Waals surface area contributed by atoms with Crippen LogP contribution in [0.1, 0.15) is 12.5 Å². The molecule has 0 atom stereocenters. The number of halogens is 2. The van der Waals surface area contributed by atoms with E-state index in [1.54, 1.807) is 12.1 Å². The van der Waals surface area contributed by atoms with Crippen molar-refractivity contribution in [2.45, 2.75) is 13.3 Å². The second-order valence-corrected chi connectivity index (χ2v) is 4.08. The minimum atomic E-state index is -0.226. The molecule has 0 saturated carbocycles.